The van der Waals surface area contributed by atoms with E-state index in [1.165, 1.54) is 57.1 Å². The lowest BCUT2D eigenvalue weighted by Gasteiger charge is -2.40. The molecule has 21 heavy (non-hydrogen) atoms. The zero-order valence-corrected chi connectivity index (χ0v) is 13.8. The molecule has 1 atom stereocenters. The van der Waals surface area contributed by atoms with Crippen molar-refractivity contribution in [3.05, 3.63) is 35.9 Å². The average molecular weight is 288 g/mol. The summed E-state index contributed by atoms with van der Waals surface area (Å²) in [7, 11) is 0. The van der Waals surface area contributed by atoms with Crippen LogP contribution in [0.5, 0.6) is 0 Å². The van der Waals surface area contributed by atoms with Crippen molar-refractivity contribution >= 4 is 0 Å². The first kappa shape index (κ1) is 16.5. The third-order valence-electron chi connectivity index (χ3n) is 4.95. The Kier molecular flexibility index (Phi) is 6.72. The van der Waals surface area contributed by atoms with Crippen LogP contribution in [0.2, 0.25) is 0 Å². The van der Waals surface area contributed by atoms with Crippen molar-refractivity contribution in [2.75, 3.05) is 6.54 Å². The fourth-order valence-corrected chi connectivity index (χ4v) is 3.64. The first-order valence-electron chi connectivity index (χ1n) is 8.76. The van der Waals surface area contributed by atoms with Crippen molar-refractivity contribution in [1.29, 1.82) is 0 Å². The van der Waals surface area contributed by atoms with Crippen LogP contribution in [0, 0.1) is 0 Å². The highest BCUT2D eigenvalue weighted by Crippen LogP contribution is 2.25. The second-order valence-corrected chi connectivity index (χ2v) is 6.68. The van der Waals surface area contributed by atoms with Gasteiger partial charge in [0.15, 0.2) is 0 Å². The molecule has 1 unspecified atom stereocenters. The van der Waals surface area contributed by atoms with Gasteiger partial charge in [-0.1, -0.05) is 37.3 Å². The van der Waals surface area contributed by atoms with Crippen LogP contribution in [0.1, 0.15) is 57.9 Å². The lowest BCUT2D eigenvalue weighted by atomic mass is 9.89. The van der Waals surface area contributed by atoms with Crippen LogP contribution in [-0.4, -0.2) is 29.6 Å². The normalized spacial score (nSPS) is 24.2. The van der Waals surface area contributed by atoms with Crippen molar-refractivity contribution in [2.45, 2.75) is 76.9 Å². The predicted octanol–water partition coefficient (Wildman–Crippen LogP) is 3.99. The van der Waals surface area contributed by atoms with Crippen molar-refractivity contribution in [2.24, 2.45) is 5.73 Å². The van der Waals surface area contributed by atoms with Crippen molar-refractivity contribution in [3.63, 3.8) is 0 Å². The fraction of sp³-hybridized carbons (Fsp3) is 0.684. The molecule has 1 aliphatic rings. The molecular formula is C19H32N2. The van der Waals surface area contributed by atoms with E-state index in [0.717, 1.165) is 6.04 Å². The van der Waals surface area contributed by atoms with Gasteiger partial charge >= 0.3 is 0 Å². The summed E-state index contributed by atoms with van der Waals surface area (Å²) in [5.41, 5.74) is 7.53. The predicted molar refractivity (Wildman–Crippen MR) is 91.5 cm³/mol. The van der Waals surface area contributed by atoms with E-state index in [-0.39, 0.29) is 0 Å². The molecule has 2 nitrogen and oxygen atoms in total. The standard InChI is InChI=1S/C19H32N2/c1-3-15-21(19-13-11-18(20)12-14-19)16(2)9-10-17-7-5-4-6-8-17/h4-8,16,18-19H,3,9-15,20H2,1-2H3. The molecule has 2 N–H and O–H groups in total. The molecule has 1 aromatic carbocycles. The van der Waals surface area contributed by atoms with E-state index >= 15 is 0 Å². The minimum absolute atomic E-state index is 0.448. The summed E-state index contributed by atoms with van der Waals surface area (Å²) in [5.74, 6) is 0. The molecule has 0 amide bonds. The molecular weight excluding hydrogens is 256 g/mol. The summed E-state index contributed by atoms with van der Waals surface area (Å²) in [6.45, 7) is 5.94. The highest BCUT2D eigenvalue weighted by molar-refractivity contribution is 5.14. The van der Waals surface area contributed by atoms with Crippen molar-refractivity contribution < 1.29 is 0 Å². The molecule has 0 spiro atoms. The van der Waals surface area contributed by atoms with Crippen LogP contribution in [0.4, 0.5) is 0 Å². The molecule has 0 aliphatic heterocycles. The van der Waals surface area contributed by atoms with Gasteiger partial charge in [-0.05, 0) is 64.0 Å². The number of nitrogens with two attached hydrogens (primary N) is 1. The largest absolute Gasteiger partial charge is 0.328 e. The first-order valence-corrected chi connectivity index (χ1v) is 8.76. The van der Waals surface area contributed by atoms with E-state index in [1.54, 1.807) is 0 Å². The summed E-state index contributed by atoms with van der Waals surface area (Å²) in [4.78, 5) is 2.76. The molecule has 1 fully saturated rings. The average Bonchev–Trinajstić information content (AvgIpc) is 2.52. The smallest absolute Gasteiger partial charge is 0.00992 e. The van der Waals surface area contributed by atoms with Gasteiger partial charge in [0.25, 0.3) is 0 Å². The van der Waals surface area contributed by atoms with Crippen LogP contribution in [0.3, 0.4) is 0 Å². The van der Waals surface area contributed by atoms with Crippen LogP contribution in [-0.2, 0) is 6.42 Å². The molecule has 0 radical (unpaired) electrons. The molecule has 2 rings (SSSR count). The summed E-state index contributed by atoms with van der Waals surface area (Å²) < 4.78 is 0. The zero-order valence-electron chi connectivity index (χ0n) is 13.8. The molecule has 1 aliphatic carbocycles. The number of hydrogen-bond acceptors (Lipinski definition) is 2. The fourth-order valence-electron chi connectivity index (χ4n) is 3.64. The molecule has 118 valence electrons. The second kappa shape index (κ2) is 8.55. The highest BCUT2D eigenvalue weighted by Gasteiger charge is 2.26. The first-order chi connectivity index (χ1) is 10.2. The number of rotatable bonds is 7. The van der Waals surface area contributed by atoms with Crippen LogP contribution in [0.15, 0.2) is 30.3 Å². The quantitative estimate of drug-likeness (QED) is 0.822. The lowest BCUT2D eigenvalue weighted by molar-refractivity contribution is 0.103. The van der Waals surface area contributed by atoms with Gasteiger partial charge < -0.3 is 5.73 Å². The molecule has 0 bridgehead atoms. The van der Waals surface area contributed by atoms with E-state index in [2.05, 4.69) is 49.1 Å². The summed E-state index contributed by atoms with van der Waals surface area (Å²) >= 11 is 0. The van der Waals surface area contributed by atoms with E-state index < -0.39 is 0 Å². The minimum atomic E-state index is 0.448. The Hall–Kier alpha value is -0.860. The SMILES string of the molecule is CCCN(C(C)CCc1ccccc1)C1CCC(N)CC1. The van der Waals surface area contributed by atoms with E-state index in [1.807, 2.05) is 0 Å². The number of aryl methyl sites for hydroxylation is 1. The lowest BCUT2D eigenvalue weighted by Crippen LogP contribution is -2.45. The van der Waals surface area contributed by atoms with E-state index in [0.29, 0.717) is 12.1 Å². The summed E-state index contributed by atoms with van der Waals surface area (Å²) in [6.07, 6.45) is 8.68. The van der Waals surface area contributed by atoms with E-state index in [9.17, 15) is 0 Å². The van der Waals surface area contributed by atoms with Crippen LogP contribution in [0.25, 0.3) is 0 Å². The molecule has 1 aromatic rings. The Balaban J connectivity index is 1.87. The number of nitrogens with zero attached hydrogens (tertiary/aromatic N) is 1. The van der Waals surface area contributed by atoms with Gasteiger partial charge in [-0.2, -0.15) is 0 Å². The third-order valence-corrected chi connectivity index (χ3v) is 4.95. The monoisotopic (exact) mass is 288 g/mol. The highest BCUT2D eigenvalue weighted by atomic mass is 15.2. The van der Waals surface area contributed by atoms with Crippen LogP contribution >= 0.6 is 0 Å². The Morgan fingerprint density at radius 3 is 2.43 bits per heavy atom. The third kappa shape index (κ3) is 5.12. The molecule has 1 saturated carbocycles. The maximum Gasteiger partial charge on any atom is 0.00992 e. The van der Waals surface area contributed by atoms with Gasteiger partial charge in [-0.3, -0.25) is 4.90 Å². The van der Waals surface area contributed by atoms with Gasteiger partial charge in [-0.25, -0.2) is 0 Å². The molecule has 0 aromatic heterocycles. The number of benzene rings is 1. The maximum atomic E-state index is 6.06. The maximum absolute atomic E-state index is 6.06. The number of hydrogen-bond donors (Lipinski definition) is 1. The van der Waals surface area contributed by atoms with Gasteiger partial charge in [0.05, 0.1) is 0 Å². The Bertz CT molecular complexity index is 382. The molecule has 0 heterocycles. The van der Waals surface area contributed by atoms with Gasteiger partial charge in [0.1, 0.15) is 0 Å². The topological polar surface area (TPSA) is 29.3 Å². The Morgan fingerprint density at radius 1 is 1.14 bits per heavy atom. The molecule has 2 heteroatoms. The van der Waals surface area contributed by atoms with Crippen molar-refractivity contribution in [3.8, 4) is 0 Å². The van der Waals surface area contributed by atoms with Gasteiger partial charge in [0, 0.05) is 18.1 Å². The van der Waals surface area contributed by atoms with Gasteiger partial charge in [0.2, 0.25) is 0 Å². The second-order valence-electron chi connectivity index (χ2n) is 6.68. The minimum Gasteiger partial charge on any atom is -0.328 e. The Morgan fingerprint density at radius 2 is 1.81 bits per heavy atom. The Labute approximate surface area is 130 Å². The van der Waals surface area contributed by atoms with Crippen LogP contribution < -0.4 is 5.73 Å². The summed E-state index contributed by atoms with van der Waals surface area (Å²) in [6, 6.07) is 12.8. The van der Waals surface area contributed by atoms with Crippen molar-refractivity contribution in [1.82, 2.24) is 4.90 Å². The van der Waals surface area contributed by atoms with Gasteiger partial charge in [-0.15, -0.1) is 0 Å². The zero-order chi connectivity index (χ0) is 15.1. The summed E-state index contributed by atoms with van der Waals surface area (Å²) in [5, 5.41) is 0. The molecule has 0 saturated heterocycles. The van der Waals surface area contributed by atoms with E-state index in [4.69, 9.17) is 5.73 Å².